The lowest BCUT2D eigenvalue weighted by Crippen LogP contribution is -2.19. The van der Waals surface area contributed by atoms with Gasteiger partial charge in [-0.15, -0.1) is 11.3 Å². The molecule has 0 radical (unpaired) electrons. The maximum atomic E-state index is 5.66. The molecule has 18 heavy (non-hydrogen) atoms. The van der Waals surface area contributed by atoms with E-state index in [0.29, 0.717) is 13.2 Å². The molecule has 5 heteroatoms. The topological polar surface area (TPSA) is 43.4 Å². The third-order valence-electron chi connectivity index (χ3n) is 2.72. The number of nitrogens with zero attached hydrogens (tertiary/aromatic N) is 1. The van der Waals surface area contributed by atoms with Crippen molar-refractivity contribution < 1.29 is 9.47 Å². The maximum absolute atomic E-state index is 5.66. The Labute approximate surface area is 110 Å². The van der Waals surface area contributed by atoms with Crippen molar-refractivity contribution in [2.24, 2.45) is 0 Å². The summed E-state index contributed by atoms with van der Waals surface area (Å²) < 4.78 is 11.2. The Morgan fingerprint density at radius 2 is 2.17 bits per heavy atom. The summed E-state index contributed by atoms with van der Waals surface area (Å²) >= 11 is 1.66. The molecule has 1 aliphatic rings. The SMILES string of the molecule is c1cc(CNCc2nccs2)c2c(c1)OCCO2. The lowest BCUT2D eigenvalue weighted by Gasteiger charge is -2.21. The second-order valence-electron chi connectivity index (χ2n) is 3.97. The lowest BCUT2D eigenvalue weighted by atomic mass is 10.1. The minimum Gasteiger partial charge on any atom is -0.486 e. The van der Waals surface area contributed by atoms with Crippen LogP contribution in [0.15, 0.2) is 29.8 Å². The Morgan fingerprint density at radius 1 is 1.22 bits per heavy atom. The highest BCUT2D eigenvalue weighted by atomic mass is 32.1. The minimum absolute atomic E-state index is 0.622. The van der Waals surface area contributed by atoms with E-state index in [1.54, 1.807) is 11.3 Å². The van der Waals surface area contributed by atoms with Gasteiger partial charge in [0.05, 0.1) is 0 Å². The van der Waals surface area contributed by atoms with Crippen molar-refractivity contribution >= 4 is 11.3 Å². The van der Waals surface area contributed by atoms with Crippen molar-refractivity contribution in [2.45, 2.75) is 13.1 Å². The van der Waals surface area contributed by atoms with Crippen molar-refractivity contribution in [1.29, 1.82) is 0 Å². The van der Waals surface area contributed by atoms with Crippen LogP contribution in [0, 0.1) is 0 Å². The van der Waals surface area contributed by atoms with Gasteiger partial charge in [0.15, 0.2) is 11.5 Å². The van der Waals surface area contributed by atoms with Crippen LogP contribution in [0.2, 0.25) is 0 Å². The molecule has 1 aromatic carbocycles. The second kappa shape index (κ2) is 5.37. The monoisotopic (exact) mass is 262 g/mol. The molecule has 0 bridgehead atoms. The fourth-order valence-electron chi connectivity index (χ4n) is 1.92. The van der Waals surface area contributed by atoms with Gasteiger partial charge in [-0.3, -0.25) is 0 Å². The number of nitrogens with one attached hydrogen (secondary N) is 1. The molecule has 2 heterocycles. The van der Waals surface area contributed by atoms with E-state index in [-0.39, 0.29) is 0 Å². The van der Waals surface area contributed by atoms with E-state index in [9.17, 15) is 0 Å². The Kier molecular flexibility index (Phi) is 3.43. The van der Waals surface area contributed by atoms with Crippen LogP contribution in [0.3, 0.4) is 0 Å². The lowest BCUT2D eigenvalue weighted by molar-refractivity contribution is 0.169. The normalized spacial score (nSPS) is 13.6. The number of hydrogen-bond donors (Lipinski definition) is 1. The summed E-state index contributed by atoms with van der Waals surface area (Å²) in [6, 6.07) is 6.00. The van der Waals surface area contributed by atoms with Crippen molar-refractivity contribution in [3.63, 3.8) is 0 Å². The van der Waals surface area contributed by atoms with Crippen LogP contribution >= 0.6 is 11.3 Å². The fourth-order valence-corrected chi connectivity index (χ4v) is 2.50. The van der Waals surface area contributed by atoms with Gasteiger partial charge in [-0.1, -0.05) is 12.1 Å². The summed E-state index contributed by atoms with van der Waals surface area (Å²) in [7, 11) is 0. The Morgan fingerprint density at radius 3 is 3.06 bits per heavy atom. The first-order valence-corrected chi connectivity index (χ1v) is 6.78. The Balaban J connectivity index is 1.65. The summed E-state index contributed by atoms with van der Waals surface area (Å²) in [6.45, 7) is 2.79. The summed E-state index contributed by atoms with van der Waals surface area (Å²) in [5.41, 5.74) is 1.13. The third kappa shape index (κ3) is 2.47. The van der Waals surface area contributed by atoms with Crippen molar-refractivity contribution in [3.05, 3.63) is 40.3 Å². The molecule has 0 saturated heterocycles. The zero-order valence-electron chi connectivity index (χ0n) is 9.89. The highest BCUT2D eigenvalue weighted by molar-refractivity contribution is 7.09. The van der Waals surface area contributed by atoms with Crippen molar-refractivity contribution in [3.8, 4) is 11.5 Å². The molecule has 0 unspecified atom stereocenters. The summed E-state index contributed by atoms with van der Waals surface area (Å²) in [6.07, 6.45) is 1.82. The number of para-hydroxylation sites is 1. The average molecular weight is 262 g/mol. The predicted octanol–water partition coefficient (Wildman–Crippen LogP) is 2.20. The first-order chi connectivity index (χ1) is 8.93. The van der Waals surface area contributed by atoms with Gasteiger partial charge in [0, 0.05) is 30.2 Å². The van der Waals surface area contributed by atoms with E-state index in [1.807, 2.05) is 23.7 Å². The first kappa shape index (κ1) is 11.5. The molecule has 1 aliphatic heterocycles. The van der Waals surface area contributed by atoms with Crippen LogP contribution in [-0.4, -0.2) is 18.2 Å². The fraction of sp³-hybridized carbons (Fsp3) is 0.308. The largest absolute Gasteiger partial charge is 0.486 e. The van der Waals surface area contributed by atoms with Gasteiger partial charge in [-0.2, -0.15) is 0 Å². The number of fused-ring (bicyclic) bond motifs is 1. The number of hydrogen-bond acceptors (Lipinski definition) is 5. The van der Waals surface area contributed by atoms with E-state index in [0.717, 1.165) is 35.2 Å². The molecule has 0 saturated carbocycles. The molecule has 94 valence electrons. The van der Waals surface area contributed by atoms with Gasteiger partial charge in [0.25, 0.3) is 0 Å². The zero-order chi connectivity index (χ0) is 12.2. The van der Waals surface area contributed by atoms with Crippen LogP contribution in [0.4, 0.5) is 0 Å². The number of aromatic nitrogens is 1. The molecular formula is C13H14N2O2S. The highest BCUT2D eigenvalue weighted by Gasteiger charge is 2.14. The molecule has 0 atom stereocenters. The van der Waals surface area contributed by atoms with Crippen LogP contribution in [-0.2, 0) is 13.1 Å². The molecular weight excluding hydrogens is 248 g/mol. The molecule has 2 aromatic rings. The van der Waals surface area contributed by atoms with E-state index in [4.69, 9.17) is 9.47 Å². The number of benzene rings is 1. The van der Waals surface area contributed by atoms with Crippen molar-refractivity contribution in [2.75, 3.05) is 13.2 Å². The predicted molar refractivity (Wildman–Crippen MR) is 70.1 cm³/mol. The molecule has 1 aromatic heterocycles. The van der Waals surface area contributed by atoms with E-state index in [1.165, 1.54) is 0 Å². The average Bonchev–Trinajstić information content (AvgIpc) is 2.92. The van der Waals surface area contributed by atoms with Crippen LogP contribution < -0.4 is 14.8 Å². The van der Waals surface area contributed by atoms with Crippen LogP contribution in [0.25, 0.3) is 0 Å². The van der Waals surface area contributed by atoms with E-state index >= 15 is 0 Å². The number of rotatable bonds is 4. The zero-order valence-corrected chi connectivity index (χ0v) is 10.7. The quantitative estimate of drug-likeness (QED) is 0.917. The molecule has 1 N–H and O–H groups in total. The van der Waals surface area contributed by atoms with E-state index < -0.39 is 0 Å². The molecule has 3 rings (SSSR count). The molecule has 0 aliphatic carbocycles. The highest BCUT2D eigenvalue weighted by Crippen LogP contribution is 2.33. The van der Waals surface area contributed by atoms with Crippen LogP contribution in [0.5, 0.6) is 11.5 Å². The summed E-state index contributed by atoms with van der Waals surface area (Å²) in [5.74, 6) is 1.71. The first-order valence-electron chi connectivity index (χ1n) is 5.90. The van der Waals surface area contributed by atoms with E-state index in [2.05, 4.69) is 16.4 Å². The van der Waals surface area contributed by atoms with Crippen LogP contribution in [0.1, 0.15) is 10.6 Å². The Bertz CT molecular complexity index is 514. The maximum Gasteiger partial charge on any atom is 0.165 e. The van der Waals surface area contributed by atoms with Gasteiger partial charge in [-0.05, 0) is 6.07 Å². The smallest absolute Gasteiger partial charge is 0.165 e. The molecule has 0 fully saturated rings. The summed E-state index contributed by atoms with van der Waals surface area (Å²) in [4.78, 5) is 4.23. The van der Waals surface area contributed by atoms with Gasteiger partial charge in [0.2, 0.25) is 0 Å². The number of ether oxygens (including phenoxy) is 2. The number of thiazole rings is 1. The molecule has 0 amide bonds. The standard InChI is InChI=1S/C13H14N2O2S/c1-2-10(8-14-9-12-15-4-7-18-12)13-11(3-1)16-5-6-17-13/h1-4,7,14H,5-6,8-9H2. The minimum atomic E-state index is 0.622. The Hall–Kier alpha value is -1.59. The second-order valence-corrected chi connectivity index (χ2v) is 4.95. The molecule has 4 nitrogen and oxygen atoms in total. The summed E-state index contributed by atoms with van der Waals surface area (Å²) in [5, 5.41) is 6.45. The van der Waals surface area contributed by atoms with Gasteiger partial charge < -0.3 is 14.8 Å². The van der Waals surface area contributed by atoms with Gasteiger partial charge in [-0.25, -0.2) is 4.98 Å². The van der Waals surface area contributed by atoms with Crippen molar-refractivity contribution in [1.82, 2.24) is 10.3 Å². The van der Waals surface area contributed by atoms with Gasteiger partial charge in [0.1, 0.15) is 18.2 Å². The third-order valence-corrected chi connectivity index (χ3v) is 3.50. The molecule has 0 spiro atoms. The van der Waals surface area contributed by atoms with Gasteiger partial charge >= 0.3 is 0 Å².